The number of thiocarbonyl (C=S) groups is 1. The minimum Gasteiger partial charge on any atom is -0.362 e. The third kappa shape index (κ3) is 5.51. The largest absolute Gasteiger partial charge is 0.362 e. The van der Waals surface area contributed by atoms with Gasteiger partial charge in [0, 0.05) is 17.8 Å². The van der Waals surface area contributed by atoms with E-state index in [2.05, 4.69) is 16.9 Å². The van der Waals surface area contributed by atoms with E-state index < -0.39 is 0 Å². The van der Waals surface area contributed by atoms with Crippen molar-refractivity contribution in [3.05, 3.63) is 29.8 Å². The molecule has 18 heavy (non-hydrogen) atoms. The normalized spacial score (nSPS) is 9.89. The maximum atomic E-state index is 11.2. The fraction of sp³-hybridized carbons (Fsp3) is 0.385. The lowest BCUT2D eigenvalue weighted by Crippen LogP contribution is -2.29. The minimum atomic E-state index is 0.0532. The first-order chi connectivity index (χ1) is 8.63. The Morgan fingerprint density at radius 1 is 1.44 bits per heavy atom. The Morgan fingerprint density at radius 2 is 2.22 bits per heavy atom. The lowest BCUT2D eigenvalue weighted by molar-refractivity contribution is 0.101. The van der Waals surface area contributed by atoms with E-state index in [0.29, 0.717) is 10.7 Å². The molecular weight excluding hydrogens is 264 g/mol. The molecule has 0 bridgehead atoms. The highest BCUT2D eigenvalue weighted by molar-refractivity contribution is 7.98. The number of anilines is 1. The number of carbonyl (C=O) groups is 1. The van der Waals surface area contributed by atoms with Crippen LogP contribution in [0.3, 0.4) is 0 Å². The van der Waals surface area contributed by atoms with E-state index in [4.69, 9.17) is 12.2 Å². The summed E-state index contributed by atoms with van der Waals surface area (Å²) in [5.41, 5.74) is 1.52. The van der Waals surface area contributed by atoms with Crippen molar-refractivity contribution in [1.29, 1.82) is 0 Å². The van der Waals surface area contributed by atoms with Crippen LogP contribution in [-0.4, -0.2) is 29.4 Å². The van der Waals surface area contributed by atoms with E-state index in [9.17, 15) is 4.79 Å². The lowest BCUT2D eigenvalue weighted by atomic mass is 10.1. The Bertz CT molecular complexity index is 421. The number of carbonyl (C=O) groups excluding carboxylic acids is 1. The highest BCUT2D eigenvalue weighted by atomic mass is 32.2. The quantitative estimate of drug-likeness (QED) is 0.477. The van der Waals surface area contributed by atoms with Crippen molar-refractivity contribution in [2.24, 2.45) is 0 Å². The van der Waals surface area contributed by atoms with Crippen molar-refractivity contribution in [3.8, 4) is 0 Å². The molecule has 0 atom stereocenters. The summed E-state index contributed by atoms with van der Waals surface area (Å²) in [5.74, 6) is 1.17. The van der Waals surface area contributed by atoms with Crippen LogP contribution in [0.15, 0.2) is 24.3 Å². The highest BCUT2D eigenvalue weighted by Gasteiger charge is 2.01. The Kier molecular flexibility index (Phi) is 6.75. The van der Waals surface area contributed by atoms with Crippen LogP contribution in [0, 0.1) is 0 Å². The van der Waals surface area contributed by atoms with Crippen LogP contribution in [0.5, 0.6) is 0 Å². The summed E-state index contributed by atoms with van der Waals surface area (Å²) < 4.78 is 0. The summed E-state index contributed by atoms with van der Waals surface area (Å²) in [5, 5.41) is 6.81. The second kappa shape index (κ2) is 8.11. The van der Waals surface area contributed by atoms with Gasteiger partial charge in [0.15, 0.2) is 10.9 Å². The summed E-state index contributed by atoms with van der Waals surface area (Å²) in [6.07, 6.45) is 3.17. The number of rotatable bonds is 6. The van der Waals surface area contributed by atoms with E-state index in [1.807, 2.05) is 23.9 Å². The van der Waals surface area contributed by atoms with Gasteiger partial charge < -0.3 is 10.6 Å². The van der Waals surface area contributed by atoms with E-state index in [0.717, 1.165) is 24.4 Å². The standard InChI is InChI=1S/C13H18N2OS2/c1-10(16)11-5-3-6-12(9-11)15-13(17)14-7-4-8-18-2/h3,5-6,9H,4,7-8H2,1-2H3,(H2,14,15,17). The number of nitrogens with one attached hydrogen (secondary N) is 2. The van der Waals surface area contributed by atoms with Crippen LogP contribution in [0.1, 0.15) is 23.7 Å². The van der Waals surface area contributed by atoms with Gasteiger partial charge in [0.1, 0.15) is 0 Å². The fourth-order valence-corrected chi connectivity index (χ4v) is 2.06. The first kappa shape index (κ1) is 15.0. The summed E-state index contributed by atoms with van der Waals surface area (Å²) >= 11 is 7.00. The predicted octanol–water partition coefficient (Wildman–Crippen LogP) is 2.93. The van der Waals surface area contributed by atoms with Gasteiger partial charge in [-0.25, -0.2) is 0 Å². The molecule has 1 aromatic carbocycles. The summed E-state index contributed by atoms with van der Waals surface area (Å²) in [4.78, 5) is 11.2. The molecule has 0 aliphatic rings. The van der Waals surface area contributed by atoms with Crippen molar-refractivity contribution in [2.75, 3.05) is 23.9 Å². The van der Waals surface area contributed by atoms with Crippen LogP contribution in [0.4, 0.5) is 5.69 Å². The molecule has 1 aromatic rings. The van der Waals surface area contributed by atoms with Crippen molar-refractivity contribution >= 4 is 40.6 Å². The first-order valence-electron chi connectivity index (χ1n) is 5.78. The van der Waals surface area contributed by atoms with Gasteiger partial charge in [0.25, 0.3) is 0 Å². The number of benzene rings is 1. The van der Waals surface area contributed by atoms with Gasteiger partial charge in [-0.2, -0.15) is 11.8 Å². The molecule has 0 saturated heterocycles. The zero-order valence-electron chi connectivity index (χ0n) is 10.7. The van der Waals surface area contributed by atoms with Gasteiger partial charge in [0.05, 0.1) is 0 Å². The van der Waals surface area contributed by atoms with E-state index in [-0.39, 0.29) is 5.78 Å². The highest BCUT2D eigenvalue weighted by Crippen LogP contribution is 2.10. The molecule has 3 nitrogen and oxygen atoms in total. The van der Waals surface area contributed by atoms with Crippen LogP contribution >= 0.6 is 24.0 Å². The van der Waals surface area contributed by atoms with Gasteiger partial charge in [-0.3, -0.25) is 4.79 Å². The van der Waals surface area contributed by atoms with Gasteiger partial charge >= 0.3 is 0 Å². The third-order valence-electron chi connectivity index (χ3n) is 2.34. The van der Waals surface area contributed by atoms with E-state index in [1.165, 1.54) is 0 Å². The van der Waals surface area contributed by atoms with Crippen LogP contribution < -0.4 is 10.6 Å². The van der Waals surface area contributed by atoms with E-state index >= 15 is 0 Å². The molecule has 0 aliphatic carbocycles. The number of hydrogen-bond acceptors (Lipinski definition) is 3. The molecule has 0 saturated carbocycles. The van der Waals surface area contributed by atoms with Crippen LogP contribution in [0.2, 0.25) is 0 Å². The SMILES string of the molecule is CSCCCNC(=S)Nc1cccc(C(C)=O)c1. The van der Waals surface area contributed by atoms with Crippen LogP contribution in [0.25, 0.3) is 0 Å². The number of ketones is 1. The van der Waals surface area contributed by atoms with Gasteiger partial charge in [0.2, 0.25) is 0 Å². The molecule has 98 valence electrons. The molecule has 0 aromatic heterocycles. The molecule has 0 fully saturated rings. The van der Waals surface area contributed by atoms with Crippen LogP contribution in [-0.2, 0) is 0 Å². The van der Waals surface area contributed by atoms with Gasteiger partial charge in [-0.1, -0.05) is 12.1 Å². The third-order valence-corrected chi connectivity index (χ3v) is 3.28. The Balaban J connectivity index is 2.44. The molecule has 0 heterocycles. The summed E-state index contributed by atoms with van der Waals surface area (Å²) in [6.45, 7) is 2.41. The number of hydrogen-bond donors (Lipinski definition) is 2. The van der Waals surface area contributed by atoms with E-state index in [1.54, 1.807) is 19.1 Å². The average Bonchev–Trinajstić information content (AvgIpc) is 2.35. The molecule has 0 amide bonds. The maximum Gasteiger partial charge on any atom is 0.170 e. The molecule has 0 radical (unpaired) electrons. The number of thioether (sulfide) groups is 1. The average molecular weight is 282 g/mol. The molecule has 0 aliphatic heterocycles. The summed E-state index contributed by atoms with van der Waals surface area (Å²) in [7, 11) is 0. The zero-order chi connectivity index (χ0) is 13.4. The second-order valence-corrected chi connectivity index (χ2v) is 5.26. The Hall–Kier alpha value is -1.07. The molecule has 2 N–H and O–H groups in total. The summed E-state index contributed by atoms with van der Waals surface area (Å²) in [6, 6.07) is 7.33. The Morgan fingerprint density at radius 3 is 2.89 bits per heavy atom. The first-order valence-corrected chi connectivity index (χ1v) is 7.58. The maximum absolute atomic E-state index is 11.2. The van der Waals surface area contributed by atoms with Gasteiger partial charge in [-0.15, -0.1) is 0 Å². The van der Waals surface area contributed by atoms with Crippen molar-refractivity contribution < 1.29 is 4.79 Å². The molecule has 1 rings (SSSR count). The second-order valence-electron chi connectivity index (χ2n) is 3.86. The van der Waals surface area contributed by atoms with Crippen molar-refractivity contribution in [2.45, 2.75) is 13.3 Å². The molecule has 0 unspecified atom stereocenters. The van der Waals surface area contributed by atoms with Crippen molar-refractivity contribution in [1.82, 2.24) is 5.32 Å². The molecular formula is C13H18N2OS2. The molecule has 0 spiro atoms. The zero-order valence-corrected chi connectivity index (χ0v) is 12.3. The topological polar surface area (TPSA) is 41.1 Å². The van der Waals surface area contributed by atoms with Crippen molar-refractivity contribution in [3.63, 3.8) is 0 Å². The lowest BCUT2D eigenvalue weighted by Gasteiger charge is -2.10. The van der Waals surface area contributed by atoms with Gasteiger partial charge in [-0.05, 0) is 49.7 Å². The molecule has 5 heteroatoms. The Labute approximate surface area is 118 Å². The predicted molar refractivity (Wildman–Crippen MR) is 83.7 cm³/mol. The minimum absolute atomic E-state index is 0.0532. The smallest absolute Gasteiger partial charge is 0.170 e. The number of Topliss-reactive ketones (excluding diaryl/α,β-unsaturated/α-hetero) is 1. The monoisotopic (exact) mass is 282 g/mol. The fourth-order valence-electron chi connectivity index (χ4n) is 1.41.